The number of methoxy groups -OCH3 is 1. The quantitative estimate of drug-likeness (QED) is 0.812. The van der Waals surface area contributed by atoms with Crippen LogP contribution in [0.15, 0.2) is 35.1 Å². The summed E-state index contributed by atoms with van der Waals surface area (Å²) in [5, 5.41) is 3.16. The van der Waals surface area contributed by atoms with E-state index in [0.717, 1.165) is 5.76 Å². The Labute approximate surface area is 116 Å². The Bertz CT molecular complexity index is 581. The molecule has 2 aromatic rings. The molecule has 0 saturated carbocycles. The number of nitrogens with two attached hydrogens (primary N) is 1. The highest BCUT2D eigenvalue weighted by atomic mass is 16.5. The number of rotatable bonds is 5. The summed E-state index contributed by atoms with van der Waals surface area (Å²) in [6.07, 6.45) is 3.84. The maximum absolute atomic E-state index is 11.6. The number of nitrogens with one attached hydrogen (secondary N) is 1. The largest absolute Gasteiger partial charge is 0.469 e. The average molecular weight is 275 g/mol. The smallest absolute Gasteiger partial charge is 0.340 e. The van der Waals surface area contributed by atoms with Gasteiger partial charge in [0.1, 0.15) is 11.6 Å². The van der Waals surface area contributed by atoms with Gasteiger partial charge in [0.15, 0.2) is 0 Å². The molecule has 0 aliphatic rings. The van der Waals surface area contributed by atoms with Gasteiger partial charge in [-0.25, -0.2) is 9.78 Å². The molecule has 0 saturated heterocycles. The third-order valence-corrected chi connectivity index (χ3v) is 2.87. The van der Waals surface area contributed by atoms with Crippen LogP contribution >= 0.6 is 0 Å². The van der Waals surface area contributed by atoms with Crippen molar-refractivity contribution in [2.45, 2.75) is 19.4 Å². The van der Waals surface area contributed by atoms with Crippen molar-refractivity contribution >= 4 is 17.5 Å². The fourth-order valence-corrected chi connectivity index (χ4v) is 1.89. The van der Waals surface area contributed by atoms with Crippen molar-refractivity contribution in [3.05, 3.63) is 42.0 Å². The van der Waals surface area contributed by atoms with E-state index in [9.17, 15) is 4.79 Å². The third-order valence-electron chi connectivity index (χ3n) is 2.87. The second-order valence-corrected chi connectivity index (χ2v) is 4.44. The lowest BCUT2D eigenvalue weighted by atomic mass is 10.1. The molecule has 0 amide bonds. The van der Waals surface area contributed by atoms with Crippen molar-refractivity contribution in [2.24, 2.45) is 0 Å². The number of hydrogen-bond acceptors (Lipinski definition) is 6. The number of anilines is 2. The molecule has 0 aliphatic carbocycles. The molecular weight excluding hydrogens is 258 g/mol. The van der Waals surface area contributed by atoms with E-state index in [-0.39, 0.29) is 11.7 Å². The molecule has 3 N–H and O–H groups in total. The Balaban J connectivity index is 2.11. The maximum Gasteiger partial charge on any atom is 0.340 e. The molecule has 0 fully saturated rings. The molecule has 6 nitrogen and oxygen atoms in total. The van der Waals surface area contributed by atoms with Crippen LogP contribution in [0, 0.1) is 0 Å². The monoisotopic (exact) mass is 275 g/mol. The highest BCUT2D eigenvalue weighted by Gasteiger charge is 2.15. The number of nitrogen functional groups attached to an aromatic ring is 1. The van der Waals surface area contributed by atoms with Crippen molar-refractivity contribution in [1.82, 2.24) is 4.98 Å². The van der Waals surface area contributed by atoms with E-state index in [0.29, 0.717) is 17.8 Å². The van der Waals surface area contributed by atoms with Crippen molar-refractivity contribution in [3.8, 4) is 0 Å². The van der Waals surface area contributed by atoms with E-state index in [4.69, 9.17) is 10.2 Å². The highest BCUT2D eigenvalue weighted by Crippen LogP contribution is 2.22. The van der Waals surface area contributed by atoms with Crippen molar-refractivity contribution in [3.63, 3.8) is 0 Å². The first-order valence-corrected chi connectivity index (χ1v) is 6.23. The van der Waals surface area contributed by atoms with Gasteiger partial charge in [0, 0.05) is 18.7 Å². The molecule has 2 aromatic heterocycles. The molecule has 0 radical (unpaired) electrons. The lowest BCUT2D eigenvalue weighted by Gasteiger charge is -2.16. The van der Waals surface area contributed by atoms with E-state index in [1.165, 1.54) is 19.4 Å². The number of esters is 1. The van der Waals surface area contributed by atoms with Crippen LogP contribution in [0.4, 0.5) is 11.5 Å². The molecule has 2 rings (SSSR count). The molecule has 0 aliphatic heterocycles. The first kappa shape index (κ1) is 13.9. The predicted octanol–water partition coefficient (Wildman–Crippen LogP) is 2.09. The average Bonchev–Trinajstić information content (AvgIpc) is 2.93. The molecule has 106 valence electrons. The number of aromatic nitrogens is 1. The van der Waals surface area contributed by atoms with E-state index in [1.54, 1.807) is 6.26 Å². The van der Waals surface area contributed by atoms with E-state index >= 15 is 0 Å². The van der Waals surface area contributed by atoms with Crippen molar-refractivity contribution in [2.75, 3.05) is 18.2 Å². The van der Waals surface area contributed by atoms with Crippen LogP contribution in [-0.4, -0.2) is 24.1 Å². The molecule has 1 unspecified atom stereocenters. The van der Waals surface area contributed by atoms with Gasteiger partial charge in [-0.15, -0.1) is 0 Å². The topological polar surface area (TPSA) is 90.4 Å². The van der Waals surface area contributed by atoms with Crippen molar-refractivity contribution < 1.29 is 13.9 Å². The zero-order valence-corrected chi connectivity index (χ0v) is 11.4. The molecule has 2 heterocycles. The molecule has 0 bridgehead atoms. The summed E-state index contributed by atoms with van der Waals surface area (Å²) in [6, 6.07) is 5.33. The number of nitrogens with zero attached hydrogens (tertiary/aromatic N) is 1. The van der Waals surface area contributed by atoms with Gasteiger partial charge in [-0.05, 0) is 25.1 Å². The van der Waals surface area contributed by atoms with Gasteiger partial charge in [0.25, 0.3) is 0 Å². The Morgan fingerprint density at radius 3 is 3.00 bits per heavy atom. The number of carbonyl (C=O) groups is 1. The standard InChI is InChI=1S/C14H17N3O3/c1-9(8-10-4-3-7-20-10)17-13-12(15)11(5-6-16-13)14(18)19-2/h3-7,9H,8,15H2,1-2H3,(H,16,17). The van der Waals surface area contributed by atoms with Gasteiger partial charge in [-0.1, -0.05) is 0 Å². The van der Waals surface area contributed by atoms with Crippen LogP contribution in [0.5, 0.6) is 0 Å². The lowest BCUT2D eigenvalue weighted by Crippen LogP contribution is -2.20. The molecule has 1 atom stereocenters. The highest BCUT2D eigenvalue weighted by molar-refractivity contribution is 5.97. The van der Waals surface area contributed by atoms with Gasteiger partial charge in [-0.2, -0.15) is 0 Å². The fraction of sp³-hybridized carbons (Fsp3) is 0.286. The molecule has 20 heavy (non-hydrogen) atoms. The van der Waals surface area contributed by atoms with Crippen LogP contribution in [0.25, 0.3) is 0 Å². The minimum atomic E-state index is -0.480. The van der Waals surface area contributed by atoms with Crippen LogP contribution in [0.1, 0.15) is 23.0 Å². The van der Waals surface area contributed by atoms with Gasteiger partial charge in [-0.3, -0.25) is 0 Å². The van der Waals surface area contributed by atoms with E-state index in [1.807, 2.05) is 19.1 Å². The first-order chi connectivity index (χ1) is 9.61. The van der Waals surface area contributed by atoms with Crippen LogP contribution in [0.2, 0.25) is 0 Å². The zero-order valence-electron chi connectivity index (χ0n) is 11.4. The number of furan rings is 1. The third kappa shape index (κ3) is 3.09. The fourth-order valence-electron chi connectivity index (χ4n) is 1.89. The predicted molar refractivity (Wildman–Crippen MR) is 75.5 cm³/mol. The minimum absolute atomic E-state index is 0.0591. The summed E-state index contributed by atoms with van der Waals surface area (Å²) >= 11 is 0. The van der Waals surface area contributed by atoms with E-state index < -0.39 is 5.97 Å². The summed E-state index contributed by atoms with van der Waals surface area (Å²) < 4.78 is 9.96. The number of carbonyl (C=O) groups excluding carboxylic acids is 1. The Morgan fingerprint density at radius 2 is 2.35 bits per heavy atom. The molecule has 6 heteroatoms. The normalized spacial score (nSPS) is 11.9. The summed E-state index contributed by atoms with van der Waals surface area (Å²) in [6.45, 7) is 1.98. The summed E-state index contributed by atoms with van der Waals surface area (Å²) in [5.41, 5.74) is 6.52. The molecular formula is C14H17N3O3. The first-order valence-electron chi connectivity index (χ1n) is 6.23. The zero-order chi connectivity index (χ0) is 14.5. The second-order valence-electron chi connectivity index (χ2n) is 4.44. The Hall–Kier alpha value is -2.50. The minimum Gasteiger partial charge on any atom is -0.469 e. The van der Waals surface area contributed by atoms with Crippen LogP contribution in [0.3, 0.4) is 0 Å². The maximum atomic E-state index is 11.6. The van der Waals surface area contributed by atoms with Crippen LogP contribution < -0.4 is 11.1 Å². The molecule has 0 aromatic carbocycles. The van der Waals surface area contributed by atoms with Gasteiger partial charge in [0.05, 0.1) is 24.6 Å². The van der Waals surface area contributed by atoms with Gasteiger partial charge >= 0.3 is 5.97 Å². The second kappa shape index (κ2) is 6.10. The molecule has 0 spiro atoms. The van der Waals surface area contributed by atoms with E-state index in [2.05, 4.69) is 15.0 Å². The summed E-state index contributed by atoms with van der Waals surface area (Å²) in [7, 11) is 1.31. The van der Waals surface area contributed by atoms with Crippen molar-refractivity contribution in [1.29, 1.82) is 0 Å². The number of ether oxygens (including phenoxy) is 1. The lowest BCUT2D eigenvalue weighted by molar-refractivity contribution is 0.0602. The summed E-state index contributed by atoms with van der Waals surface area (Å²) in [5.74, 6) is 0.853. The summed E-state index contributed by atoms with van der Waals surface area (Å²) in [4.78, 5) is 15.7. The van der Waals surface area contributed by atoms with Gasteiger partial charge in [0.2, 0.25) is 0 Å². The number of pyridine rings is 1. The SMILES string of the molecule is COC(=O)c1ccnc(NC(C)Cc2ccco2)c1N. The Morgan fingerprint density at radius 1 is 1.55 bits per heavy atom. The Kier molecular flexibility index (Phi) is 4.24. The number of hydrogen-bond donors (Lipinski definition) is 2. The van der Waals surface area contributed by atoms with Crippen LogP contribution in [-0.2, 0) is 11.2 Å². The van der Waals surface area contributed by atoms with Gasteiger partial charge < -0.3 is 20.2 Å².